The van der Waals surface area contributed by atoms with E-state index in [4.69, 9.17) is 14.5 Å². The van der Waals surface area contributed by atoms with Gasteiger partial charge in [0, 0.05) is 28.3 Å². The zero-order valence-electron chi connectivity index (χ0n) is 28.3. The van der Waals surface area contributed by atoms with E-state index < -0.39 is 16.1 Å². The molecule has 10 nitrogen and oxygen atoms in total. The molecule has 1 aliphatic rings. The quantitative estimate of drug-likeness (QED) is 0.133. The molecule has 2 amide bonds. The number of benzene rings is 4. The number of likely N-dealkylation sites (tertiary alicyclic amines) is 1. The van der Waals surface area contributed by atoms with Gasteiger partial charge in [0.2, 0.25) is 10.0 Å². The highest BCUT2D eigenvalue weighted by molar-refractivity contribution is 7.92. The molecular formula is C37H41N5O5S2. The molecule has 12 heteroatoms. The molecule has 49 heavy (non-hydrogen) atoms. The fraction of sp³-hybridized carbons (Fsp3) is 0.297. The molecule has 1 aromatic heterocycles. The fourth-order valence-corrected chi connectivity index (χ4v) is 7.26. The normalized spacial score (nSPS) is 13.7. The first-order chi connectivity index (χ1) is 23.4. The second-order valence-electron chi connectivity index (χ2n) is 13.2. The maximum Gasteiger partial charge on any atom is 0.323 e. The Balaban J connectivity index is 1.22. The van der Waals surface area contributed by atoms with Crippen LogP contribution in [0, 0.1) is 0 Å². The van der Waals surface area contributed by atoms with Crippen LogP contribution in [-0.2, 0) is 22.0 Å². The largest absolute Gasteiger partial charge is 0.492 e. The molecule has 0 unspecified atom stereocenters. The predicted octanol–water partition coefficient (Wildman–Crippen LogP) is 8.67. The second-order valence-corrected chi connectivity index (χ2v) is 15.8. The van der Waals surface area contributed by atoms with Crippen molar-refractivity contribution in [2.75, 3.05) is 41.8 Å². The van der Waals surface area contributed by atoms with Crippen LogP contribution in [0.25, 0.3) is 21.3 Å². The summed E-state index contributed by atoms with van der Waals surface area (Å²) < 4.78 is 38.7. The highest BCUT2D eigenvalue weighted by Gasteiger charge is 2.23. The molecule has 6 rings (SSSR count). The number of hydrogen-bond acceptors (Lipinski definition) is 8. The summed E-state index contributed by atoms with van der Waals surface area (Å²) in [5.41, 5.74) is 3.70. The number of nitrogens with zero attached hydrogens (tertiary/aromatic N) is 2. The molecule has 0 spiro atoms. The summed E-state index contributed by atoms with van der Waals surface area (Å²) in [6.07, 6.45) is 3.58. The number of carbonyl (C=O) groups excluding carboxylic acids is 1. The average Bonchev–Trinajstić information content (AvgIpc) is 3.74. The monoisotopic (exact) mass is 699 g/mol. The van der Waals surface area contributed by atoms with Gasteiger partial charge in [-0.1, -0.05) is 57.2 Å². The van der Waals surface area contributed by atoms with E-state index in [-0.39, 0.29) is 16.9 Å². The van der Waals surface area contributed by atoms with Crippen molar-refractivity contribution >= 4 is 55.2 Å². The lowest BCUT2D eigenvalue weighted by atomic mass is 9.86. The Bertz CT molecular complexity index is 2100. The van der Waals surface area contributed by atoms with Gasteiger partial charge < -0.3 is 20.1 Å². The van der Waals surface area contributed by atoms with E-state index in [2.05, 4.69) is 25.6 Å². The number of urea groups is 1. The highest BCUT2D eigenvalue weighted by Crippen LogP contribution is 2.40. The highest BCUT2D eigenvalue weighted by atomic mass is 32.2. The zero-order valence-corrected chi connectivity index (χ0v) is 29.9. The number of amides is 2. The summed E-state index contributed by atoms with van der Waals surface area (Å²) in [7, 11) is -2.19. The Labute approximate surface area is 291 Å². The van der Waals surface area contributed by atoms with Crippen molar-refractivity contribution in [3.8, 4) is 27.8 Å². The van der Waals surface area contributed by atoms with Crippen molar-refractivity contribution in [1.82, 2.24) is 9.88 Å². The first-order valence-electron chi connectivity index (χ1n) is 16.1. The Morgan fingerprint density at radius 1 is 0.918 bits per heavy atom. The van der Waals surface area contributed by atoms with Crippen LogP contribution in [0.4, 0.5) is 21.9 Å². The Morgan fingerprint density at radius 2 is 1.63 bits per heavy atom. The van der Waals surface area contributed by atoms with Gasteiger partial charge in [0.1, 0.15) is 16.5 Å². The number of thiazole rings is 1. The third-order valence-electron chi connectivity index (χ3n) is 8.28. The number of anilines is 3. The van der Waals surface area contributed by atoms with Crippen molar-refractivity contribution in [1.29, 1.82) is 0 Å². The molecule has 1 fully saturated rings. The standard InChI is InChI=1S/C37H41N5O5S2/c1-37(2,3)25-20-31(34(46-4)32(21-25)41-49(5,44)45)40-36(43)39-30-15-16-33(29-14-7-6-13-28(29)30)47-27-12-10-11-24(19-27)35-38-26(23-48-35)22-42-17-8-9-18-42/h6-7,10-16,19-21,23,41H,8-9,17-18,22H2,1-5H3,(H2,39,40,43). The molecule has 0 bridgehead atoms. The summed E-state index contributed by atoms with van der Waals surface area (Å²) in [6, 6.07) is 22.2. The first-order valence-corrected chi connectivity index (χ1v) is 18.9. The van der Waals surface area contributed by atoms with Crippen LogP contribution in [0.2, 0.25) is 0 Å². The molecule has 0 saturated carbocycles. The molecule has 256 valence electrons. The molecule has 1 saturated heterocycles. The van der Waals surface area contributed by atoms with E-state index in [1.54, 1.807) is 29.5 Å². The van der Waals surface area contributed by atoms with Gasteiger partial charge in [-0.3, -0.25) is 9.62 Å². The molecule has 1 aliphatic heterocycles. The van der Waals surface area contributed by atoms with Gasteiger partial charge in [-0.25, -0.2) is 18.2 Å². The maximum absolute atomic E-state index is 13.4. The van der Waals surface area contributed by atoms with Crippen molar-refractivity contribution in [2.24, 2.45) is 0 Å². The molecule has 0 radical (unpaired) electrons. The minimum atomic E-state index is -3.61. The van der Waals surface area contributed by atoms with Crippen molar-refractivity contribution in [3.63, 3.8) is 0 Å². The third-order valence-corrected chi connectivity index (χ3v) is 9.81. The van der Waals surface area contributed by atoms with Gasteiger partial charge in [-0.15, -0.1) is 11.3 Å². The lowest BCUT2D eigenvalue weighted by Gasteiger charge is -2.24. The lowest BCUT2D eigenvalue weighted by Crippen LogP contribution is -2.22. The van der Waals surface area contributed by atoms with Crippen LogP contribution in [0.3, 0.4) is 0 Å². The minimum Gasteiger partial charge on any atom is -0.492 e. The second kappa shape index (κ2) is 14.1. The zero-order chi connectivity index (χ0) is 34.8. The minimum absolute atomic E-state index is 0.199. The van der Waals surface area contributed by atoms with Crippen LogP contribution in [0.5, 0.6) is 17.2 Å². The summed E-state index contributed by atoms with van der Waals surface area (Å²) in [6.45, 7) is 9.15. The molecular weight excluding hydrogens is 659 g/mol. The van der Waals surface area contributed by atoms with Crippen molar-refractivity contribution < 1.29 is 22.7 Å². The molecule has 0 atom stereocenters. The smallest absolute Gasteiger partial charge is 0.323 e. The molecule has 0 aliphatic carbocycles. The van der Waals surface area contributed by atoms with E-state index >= 15 is 0 Å². The van der Waals surface area contributed by atoms with Crippen LogP contribution >= 0.6 is 11.3 Å². The van der Waals surface area contributed by atoms with Gasteiger partial charge in [0.25, 0.3) is 0 Å². The number of aromatic nitrogens is 1. The topological polar surface area (TPSA) is 122 Å². The van der Waals surface area contributed by atoms with Gasteiger partial charge in [0.15, 0.2) is 5.75 Å². The van der Waals surface area contributed by atoms with E-state index in [0.717, 1.165) is 58.5 Å². The molecule has 2 heterocycles. The number of rotatable bonds is 10. The van der Waals surface area contributed by atoms with Gasteiger partial charge in [-0.2, -0.15) is 0 Å². The average molecular weight is 700 g/mol. The van der Waals surface area contributed by atoms with Gasteiger partial charge in [0.05, 0.1) is 36.1 Å². The molecule has 3 N–H and O–H groups in total. The van der Waals surface area contributed by atoms with Crippen LogP contribution < -0.4 is 24.8 Å². The predicted molar refractivity (Wildman–Crippen MR) is 199 cm³/mol. The summed E-state index contributed by atoms with van der Waals surface area (Å²) in [5.74, 6) is 1.52. The van der Waals surface area contributed by atoms with Crippen molar-refractivity contribution in [3.05, 3.63) is 89.4 Å². The van der Waals surface area contributed by atoms with E-state index in [1.807, 2.05) is 75.4 Å². The number of sulfonamides is 1. The summed E-state index contributed by atoms with van der Waals surface area (Å²) in [5, 5.41) is 10.5. The SMILES string of the molecule is COc1c(NC(=O)Nc2ccc(Oc3cccc(-c4nc(CN5CCCC5)cs4)c3)c3ccccc23)cc(C(C)(C)C)cc1NS(C)(=O)=O. The molecule has 5 aromatic rings. The number of hydrogen-bond donors (Lipinski definition) is 3. The number of methoxy groups -OCH3 is 1. The van der Waals surface area contributed by atoms with Crippen molar-refractivity contribution in [2.45, 2.75) is 45.6 Å². The van der Waals surface area contributed by atoms with Crippen LogP contribution in [-0.4, -0.2) is 50.8 Å². The van der Waals surface area contributed by atoms with Gasteiger partial charge >= 0.3 is 6.03 Å². The maximum atomic E-state index is 13.4. The first kappa shape index (κ1) is 34.2. The summed E-state index contributed by atoms with van der Waals surface area (Å²) in [4.78, 5) is 20.8. The van der Waals surface area contributed by atoms with Gasteiger partial charge in [-0.05, 0) is 73.3 Å². The summed E-state index contributed by atoms with van der Waals surface area (Å²) >= 11 is 1.64. The van der Waals surface area contributed by atoms with Crippen LogP contribution in [0.15, 0.2) is 78.2 Å². The number of nitrogens with one attached hydrogen (secondary N) is 3. The number of fused-ring (bicyclic) bond motifs is 1. The van der Waals surface area contributed by atoms with E-state index in [9.17, 15) is 13.2 Å². The van der Waals surface area contributed by atoms with E-state index in [1.165, 1.54) is 20.0 Å². The van der Waals surface area contributed by atoms with Crippen LogP contribution in [0.1, 0.15) is 44.9 Å². The Morgan fingerprint density at radius 3 is 2.35 bits per heavy atom. The third kappa shape index (κ3) is 8.33. The number of carbonyl (C=O) groups is 1. The molecule has 4 aromatic carbocycles. The van der Waals surface area contributed by atoms with E-state index in [0.29, 0.717) is 22.9 Å². The fourth-order valence-electron chi connectivity index (χ4n) is 5.90. The lowest BCUT2D eigenvalue weighted by molar-refractivity contribution is 0.262. The Hall–Kier alpha value is -4.65. The number of ether oxygens (including phenoxy) is 2. The Kier molecular flexibility index (Phi) is 9.82.